The van der Waals surface area contributed by atoms with Crippen LogP contribution in [0.4, 0.5) is 10.1 Å². The third kappa shape index (κ3) is 4.86. The van der Waals surface area contributed by atoms with E-state index in [1.807, 2.05) is 30.5 Å². The molecule has 1 atom stereocenters. The summed E-state index contributed by atoms with van der Waals surface area (Å²) in [5.74, 6) is 1.60. The Hall–Kier alpha value is -3.11. The highest BCUT2D eigenvalue weighted by atomic mass is 32.2. The minimum absolute atomic E-state index is 0.0338. The van der Waals surface area contributed by atoms with Crippen LogP contribution in [0.1, 0.15) is 18.8 Å². The predicted molar refractivity (Wildman–Crippen MR) is 120 cm³/mol. The first-order valence-electron chi connectivity index (χ1n) is 10.1. The molecular weight excluding hydrogens is 433 g/mol. The van der Waals surface area contributed by atoms with Gasteiger partial charge in [-0.3, -0.25) is 14.3 Å². The highest BCUT2D eigenvalue weighted by molar-refractivity contribution is 7.99. The van der Waals surface area contributed by atoms with E-state index < -0.39 is 0 Å². The van der Waals surface area contributed by atoms with Crippen molar-refractivity contribution < 1.29 is 18.7 Å². The predicted octanol–water partition coefficient (Wildman–Crippen LogP) is 3.53. The lowest BCUT2D eigenvalue weighted by atomic mass is 10.2. The van der Waals surface area contributed by atoms with Gasteiger partial charge in [0.2, 0.25) is 5.91 Å². The molecule has 0 aliphatic carbocycles. The van der Waals surface area contributed by atoms with Crippen molar-refractivity contribution >= 4 is 23.4 Å². The molecule has 0 saturated heterocycles. The standard InChI is InChI=1S/C22H24FN5O3S/c1-14(27(2)3)21-25-26-22(28(21)17-7-4-15(23)5-8-17)32-13-20(29)24-16-6-9-18-19(12-16)31-11-10-30-18/h4-9,12,14H,10-11,13H2,1-3H3,(H,24,29). The Labute approximate surface area is 189 Å². The van der Waals surface area contributed by atoms with E-state index in [1.54, 1.807) is 30.3 Å². The van der Waals surface area contributed by atoms with Crippen LogP contribution in [0.25, 0.3) is 5.69 Å². The molecule has 0 fully saturated rings. The number of thioether (sulfide) groups is 1. The number of nitrogens with one attached hydrogen (secondary N) is 1. The molecule has 1 aromatic heterocycles. The van der Waals surface area contributed by atoms with E-state index in [1.165, 1.54) is 23.9 Å². The molecule has 1 amide bonds. The summed E-state index contributed by atoms with van der Waals surface area (Å²) >= 11 is 1.26. The van der Waals surface area contributed by atoms with Gasteiger partial charge in [0, 0.05) is 17.4 Å². The molecule has 8 nitrogen and oxygen atoms in total. The van der Waals surface area contributed by atoms with Crippen molar-refractivity contribution in [2.45, 2.75) is 18.1 Å². The molecule has 3 aromatic rings. The highest BCUT2D eigenvalue weighted by Gasteiger charge is 2.22. The number of amides is 1. The van der Waals surface area contributed by atoms with Crippen molar-refractivity contribution in [1.29, 1.82) is 0 Å². The van der Waals surface area contributed by atoms with Gasteiger partial charge < -0.3 is 14.8 Å². The van der Waals surface area contributed by atoms with Crippen LogP contribution in [0, 0.1) is 5.82 Å². The average molecular weight is 458 g/mol. The van der Waals surface area contributed by atoms with Crippen LogP contribution < -0.4 is 14.8 Å². The fourth-order valence-corrected chi connectivity index (χ4v) is 3.92. The third-order valence-electron chi connectivity index (χ3n) is 5.05. The minimum atomic E-state index is -0.322. The molecule has 4 rings (SSSR count). The van der Waals surface area contributed by atoms with Crippen LogP contribution in [-0.2, 0) is 4.79 Å². The third-order valence-corrected chi connectivity index (χ3v) is 5.98. The van der Waals surface area contributed by atoms with Crippen LogP contribution in [0.3, 0.4) is 0 Å². The number of carbonyl (C=O) groups is 1. The van der Waals surface area contributed by atoms with E-state index in [0.29, 0.717) is 41.4 Å². The molecule has 1 aliphatic heterocycles. The molecule has 0 spiro atoms. The number of fused-ring (bicyclic) bond motifs is 1. The van der Waals surface area contributed by atoms with E-state index in [9.17, 15) is 9.18 Å². The first-order chi connectivity index (χ1) is 15.4. The van der Waals surface area contributed by atoms with Gasteiger partial charge in [-0.1, -0.05) is 11.8 Å². The van der Waals surface area contributed by atoms with Crippen LogP contribution in [-0.4, -0.2) is 58.6 Å². The van der Waals surface area contributed by atoms with Crippen molar-refractivity contribution in [2.24, 2.45) is 0 Å². The summed E-state index contributed by atoms with van der Waals surface area (Å²) in [6.45, 7) is 3.00. The summed E-state index contributed by atoms with van der Waals surface area (Å²) in [6, 6.07) is 11.4. The Morgan fingerprint density at radius 1 is 1.16 bits per heavy atom. The van der Waals surface area contributed by atoms with Gasteiger partial charge >= 0.3 is 0 Å². The zero-order chi connectivity index (χ0) is 22.7. The summed E-state index contributed by atoms with van der Waals surface area (Å²) in [7, 11) is 3.89. The number of hydrogen-bond donors (Lipinski definition) is 1. The van der Waals surface area contributed by atoms with E-state index in [2.05, 4.69) is 15.5 Å². The summed E-state index contributed by atoms with van der Waals surface area (Å²) in [6.07, 6.45) is 0. The Morgan fingerprint density at radius 2 is 1.88 bits per heavy atom. The van der Waals surface area contributed by atoms with Crippen molar-refractivity contribution in [3.05, 3.63) is 54.1 Å². The van der Waals surface area contributed by atoms with E-state index in [4.69, 9.17) is 9.47 Å². The molecule has 1 N–H and O–H groups in total. The van der Waals surface area contributed by atoms with Gasteiger partial charge in [0.05, 0.1) is 11.8 Å². The molecule has 10 heteroatoms. The molecule has 0 bridgehead atoms. The lowest BCUT2D eigenvalue weighted by molar-refractivity contribution is -0.113. The summed E-state index contributed by atoms with van der Waals surface area (Å²) in [4.78, 5) is 14.6. The Morgan fingerprint density at radius 3 is 2.59 bits per heavy atom. The molecule has 1 aliphatic rings. The summed E-state index contributed by atoms with van der Waals surface area (Å²) in [5, 5.41) is 12.1. The monoisotopic (exact) mass is 457 g/mol. The van der Waals surface area contributed by atoms with Crippen LogP contribution in [0.2, 0.25) is 0 Å². The number of ether oxygens (including phenoxy) is 2. The first-order valence-corrected chi connectivity index (χ1v) is 11.1. The lowest BCUT2D eigenvalue weighted by Crippen LogP contribution is -2.21. The average Bonchev–Trinajstić information content (AvgIpc) is 3.21. The minimum Gasteiger partial charge on any atom is -0.486 e. The smallest absolute Gasteiger partial charge is 0.234 e. The molecule has 2 heterocycles. The molecule has 0 radical (unpaired) electrons. The van der Waals surface area contributed by atoms with Gasteiger partial charge in [0.25, 0.3) is 0 Å². The second-order valence-corrected chi connectivity index (χ2v) is 8.43. The molecule has 32 heavy (non-hydrogen) atoms. The van der Waals surface area contributed by atoms with Gasteiger partial charge in [0.15, 0.2) is 22.5 Å². The molecular formula is C22H24FN5O3S. The maximum Gasteiger partial charge on any atom is 0.234 e. The van der Waals surface area contributed by atoms with E-state index in [-0.39, 0.29) is 23.5 Å². The zero-order valence-corrected chi connectivity index (χ0v) is 18.9. The molecule has 1 unspecified atom stereocenters. The second kappa shape index (κ2) is 9.58. The fraction of sp³-hybridized carbons (Fsp3) is 0.318. The summed E-state index contributed by atoms with van der Waals surface area (Å²) in [5.41, 5.74) is 1.36. The Balaban J connectivity index is 1.50. The number of aromatic nitrogens is 3. The van der Waals surface area contributed by atoms with E-state index >= 15 is 0 Å². The number of rotatable bonds is 7. The van der Waals surface area contributed by atoms with Gasteiger partial charge in [-0.05, 0) is 57.4 Å². The van der Waals surface area contributed by atoms with Crippen molar-refractivity contribution in [3.8, 4) is 17.2 Å². The quantitative estimate of drug-likeness (QED) is 0.544. The number of hydrogen-bond acceptors (Lipinski definition) is 7. The van der Waals surface area contributed by atoms with Gasteiger partial charge in [0.1, 0.15) is 19.0 Å². The van der Waals surface area contributed by atoms with Gasteiger partial charge in [-0.25, -0.2) is 4.39 Å². The Kier molecular flexibility index (Phi) is 6.61. The van der Waals surface area contributed by atoms with Crippen LogP contribution in [0.5, 0.6) is 11.5 Å². The topological polar surface area (TPSA) is 81.5 Å². The lowest BCUT2D eigenvalue weighted by Gasteiger charge is -2.20. The number of carbonyl (C=O) groups excluding carboxylic acids is 1. The van der Waals surface area contributed by atoms with Crippen LogP contribution in [0.15, 0.2) is 47.6 Å². The van der Waals surface area contributed by atoms with E-state index in [0.717, 1.165) is 5.69 Å². The van der Waals surface area contributed by atoms with Crippen molar-refractivity contribution in [1.82, 2.24) is 19.7 Å². The molecule has 168 valence electrons. The SMILES string of the molecule is CC(c1nnc(SCC(=O)Nc2ccc3c(c2)OCCO3)n1-c1ccc(F)cc1)N(C)C. The van der Waals surface area contributed by atoms with Gasteiger partial charge in [-0.15, -0.1) is 10.2 Å². The normalized spacial score (nSPS) is 13.8. The first kappa shape index (κ1) is 22.1. The van der Waals surface area contributed by atoms with Crippen molar-refractivity contribution in [2.75, 3.05) is 38.4 Å². The highest BCUT2D eigenvalue weighted by Crippen LogP contribution is 2.33. The van der Waals surface area contributed by atoms with Crippen molar-refractivity contribution in [3.63, 3.8) is 0 Å². The maximum absolute atomic E-state index is 13.5. The molecule has 2 aromatic carbocycles. The number of halogens is 1. The molecule has 0 saturated carbocycles. The fourth-order valence-electron chi connectivity index (χ4n) is 3.16. The number of nitrogens with zero attached hydrogens (tertiary/aromatic N) is 4. The number of benzene rings is 2. The summed E-state index contributed by atoms with van der Waals surface area (Å²) < 4.78 is 26.4. The Bertz CT molecular complexity index is 1100. The zero-order valence-electron chi connectivity index (χ0n) is 18.0. The second-order valence-electron chi connectivity index (χ2n) is 7.49. The van der Waals surface area contributed by atoms with Crippen LogP contribution >= 0.6 is 11.8 Å². The number of anilines is 1. The van der Waals surface area contributed by atoms with Gasteiger partial charge in [-0.2, -0.15) is 0 Å². The maximum atomic E-state index is 13.5. The largest absolute Gasteiger partial charge is 0.486 e.